The molecule has 0 radical (unpaired) electrons. The van der Waals surface area contributed by atoms with Crippen molar-refractivity contribution < 1.29 is 24.2 Å². The molecule has 1 fully saturated rings. The number of piperidine rings is 1. The van der Waals surface area contributed by atoms with Gasteiger partial charge in [0.25, 0.3) is 0 Å². The van der Waals surface area contributed by atoms with Crippen LogP contribution in [0.1, 0.15) is 63.4 Å². The average Bonchev–Trinajstić information content (AvgIpc) is 2.64. The molecule has 0 aliphatic carbocycles. The van der Waals surface area contributed by atoms with Crippen LogP contribution in [0.5, 0.6) is 0 Å². The molecule has 1 aliphatic heterocycles. The third-order valence-electron chi connectivity index (χ3n) is 4.73. The van der Waals surface area contributed by atoms with Crippen molar-refractivity contribution in [1.29, 1.82) is 0 Å². The molecule has 0 amide bonds. The monoisotopic (exact) mass is 426 g/mol. The lowest BCUT2D eigenvalue weighted by atomic mass is 9.92. The van der Waals surface area contributed by atoms with E-state index in [4.69, 9.17) is 21.1 Å². The van der Waals surface area contributed by atoms with Crippen molar-refractivity contribution in [3.63, 3.8) is 0 Å². The van der Waals surface area contributed by atoms with E-state index in [0.717, 1.165) is 12.1 Å². The summed E-state index contributed by atoms with van der Waals surface area (Å²) in [6.07, 6.45) is 3.56. The molecule has 162 valence electrons. The number of aliphatic hydroxyl groups is 1. The van der Waals surface area contributed by atoms with Gasteiger partial charge in [-0.05, 0) is 58.6 Å². The third kappa shape index (κ3) is 7.91. The lowest BCUT2D eigenvalue weighted by Crippen LogP contribution is -2.47. The highest BCUT2D eigenvalue weighted by Gasteiger charge is 2.33. The van der Waals surface area contributed by atoms with E-state index in [1.54, 1.807) is 12.1 Å². The van der Waals surface area contributed by atoms with Crippen molar-refractivity contribution in [1.82, 2.24) is 4.98 Å². The Morgan fingerprint density at radius 1 is 1.31 bits per heavy atom. The number of aldehydes is 1. The summed E-state index contributed by atoms with van der Waals surface area (Å²) >= 11 is 5.85. The van der Waals surface area contributed by atoms with E-state index in [9.17, 15) is 14.7 Å². The number of hydrogen-bond donors (Lipinski definition) is 1. The molecule has 8 heteroatoms. The standard InChI is InChI=1S/C21H31ClN2O5/c1-20(2,3)29-19(26)6-4-5-13-28-15-21(27)9-11-24(12-10-21)17-7-8-18(22)23-16(17)14-25/h7-8,14,27H,4-6,9-13,15H2,1-3H3. The summed E-state index contributed by atoms with van der Waals surface area (Å²) in [5, 5.41) is 11.0. The fourth-order valence-electron chi connectivity index (χ4n) is 3.23. The molecule has 0 aromatic carbocycles. The van der Waals surface area contributed by atoms with Gasteiger partial charge in [-0.25, -0.2) is 4.98 Å². The lowest BCUT2D eigenvalue weighted by molar-refractivity contribution is -0.155. The number of esters is 1. The Morgan fingerprint density at radius 2 is 2.00 bits per heavy atom. The van der Waals surface area contributed by atoms with Gasteiger partial charge in [0.05, 0.1) is 17.9 Å². The van der Waals surface area contributed by atoms with Gasteiger partial charge in [-0.1, -0.05) is 11.6 Å². The van der Waals surface area contributed by atoms with Crippen LogP contribution < -0.4 is 4.90 Å². The van der Waals surface area contributed by atoms with Crippen molar-refractivity contribution in [3.05, 3.63) is 23.0 Å². The molecule has 1 aliphatic rings. The van der Waals surface area contributed by atoms with Gasteiger partial charge >= 0.3 is 5.97 Å². The number of pyridine rings is 1. The first-order valence-corrected chi connectivity index (χ1v) is 10.4. The van der Waals surface area contributed by atoms with Crippen LogP contribution in [0.15, 0.2) is 12.1 Å². The zero-order valence-electron chi connectivity index (χ0n) is 17.4. The number of aromatic nitrogens is 1. The van der Waals surface area contributed by atoms with E-state index >= 15 is 0 Å². The highest BCUT2D eigenvalue weighted by atomic mass is 35.5. The van der Waals surface area contributed by atoms with E-state index in [2.05, 4.69) is 4.98 Å². The molecule has 1 saturated heterocycles. The van der Waals surface area contributed by atoms with E-state index < -0.39 is 11.2 Å². The number of hydrogen-bond acceptors (Lipinski definition) is 7. The molecule has 2 rings (SSSR count). The Kier molecular flexibility index (Phi) is 8.43. The summed E-state index contributed by atoms with van der Waals surface area (Å²) in [6, 6.07) is 3.44. The number of rotatable bonds is 9. The molecule has 1 aromatic heterocycles. The number of ether oxygens (including phenoxy) is 2. The minimum Gasteiger partial charge on any atom is -0.460 e. The number of halogens is 1. The Bertz CT molecular complexity index is 697. The van der Waals surface area contributed by atoms with Crippen LogP contribution in [0.3, 0.4) is 0 Å². The van der Waals surface area contributed by atoms with Crippen molar-refractivity contribution in [2.24, 2.45) is 0 Å². The zero-order valence-corrected chi connectivity index (χ0v) is 18.2. The first-order chi connectivity index (χ1) is 13.6. The molecule has 1 N–H and O–H groups in total. The van der Waals surface area contributed by atoms with Crippen LogP contribution >= 0.6 is 11.6 Å². The van der Waals surface area contributed by atoms with Crippen molar-refractivity contribution in [3.8, 4) is 0 Å². The van der Waals surface area contributed by atoms with Crippen LogP contribution in [-0.2, 0) is 14.3 Å². The third-order valence-corrected chi connectivity index (χ3v) is 4.94. The minimum atomic E-state index is -0.886. The number of nitrogens with zero attached hydrogens (tertiary/aromatic N) is 2. The Labute approximate surface area is 177 Å². The molecule has 0 saturated carbocycles. The van der Waals surface area contributed by atoms with Crippen molar-refractivity contribution in [2.45, 2.75) is 64.1 Å². The molecule has 0 bridgehead atoms. The van der Waals surface area contributed by atoms with E-state index in [-0.39, 0.29) is 17.7 Å². The molecule has 2 heterocycles. The quantitative estimate of drug-likeness (QED) is 0.280. The number of carbonyl (C=O) groups is 2. The second-order valence-electron chi connectivity index (χ2n) is 8.46. The van der Waals surface area contributed by atoms with Gasteiger partial charge in [-0.2, -0.15) is 0 Å². The number of unbranched alkanes of at least 4 members (excludes halogenated alkanes) is 1. The molecule has 7 nitrogen and oxygen atoms in total. The first-order valence-electron chi connectivity index (χ1n) is 10.0. The Balaban J connectivity index is 1.68. The topological polar surface area (TPSA) is 89.0 Å². The Morgan fingerprint density at radius 3 is 2.62 bits per heavy atom. The first kappa shape index (κ1) is 23.6. The maximum atomic E-state index is 11.7. The van der Waals surface area contributed by atoms with Gasteiger partial charge in [0, 0.05) is 26.1 Å². The molecule has 0 unspecified atom stereocenters. The number of carbonyl (C=O) groups excluding carboxylic acids is 2. The van der Waals surface area contributed by atoms with Crippen LogP contribution in [0, 0.1) is 0 Å². The van der Waals surface area contributed by atoms with Gasteiger partial charge < -0.3 is 19.5 Å². The summed E-state index contributed by atoms with van der Waals surface area (Å²) in [6.45, 7) is 7.50. The summed E-state index contributed by atoms with van der Waals surface area (Å²) < 4.78 is 10.9. The second-order valence-corrected chi connectivity index (χ2v) is 8.85. The average molecular weight is 427 g/mol. The minimum absolute atomic E-state index is 0.199. The predicted octanol–water partition coefficient (Wildman–Crippen LogP) is 3.41. The summed E-state index contributed by atoms with van der Waals surface area (Å²) in [7, 11) is 0. The molecular weight excluding hydrogens is 396 g/mol. The van der Waals surface area contributed by atoms with Gasteiger partial charge in [-0.15, -0.1) is 0 Å². The van der Waals surface area contributed by atoms with Crippen LogP contribution in [0.2, 0.25) is 5.15 Å². The highest BCUT2D eigenvalue weighted by Crippen LogP contribution is 2.28. The van der Waals surface area contributed by atoms with Crippen LogP contribution in [0.4, 0.5) is 5.69 Å². The van der Waals surface area contributed by atoms with Gasteiger partial charge in [0.15, 0.2) is 6.29 Å². The second kappa shape index (κ2) is 10.4. The number of anilines is 1. The molecule has 29 heavy (non-hydrogen) atoms. The molecule has 0 spiro atoms. The maximum absolute atomic E-state index is 11.7. The van der Waals surface area contributed by atoms with Crippen molar-refractivity contribution in [2.75, 3.05) is 31.2 Å². The summed E-state index contributed by atoms with van der Waals surface area (Å²) in [4.78, 5) is 29.0. The molecular formula is C21H31ClN2O5. The van der Waals surface area contributed by atoms with E-state index in [1.807, 2.05) is 25.7 Å². The Hall–Kier alpha value is -1.70. The smallest absolute Gasteiger partial charge is 0.306 e. The summed E-state index contributed by atoms with van der Waals surface area (Å²) in [5.41, 5.74) is -0.304. The van der Waals surface area contributed by atoms with E-state index in [0.29, 0.717) is 57.4 Å². The SMILES string of the molecule is CC(C)(C)OC(=O)CCCCOCC1(O)CCN(c2ccc(Cl)nc2C=O)CC1. The lowest BCUT2D eigenvalue weighted by Gasteiger charge is -2.39. The van der Waals surface area contributed by atoms with Crippen LogP contribution in [-0.4, -0.2) is 59.9 Å². The normalized spacial score (nSPS) is 16.5. The fourth-order valence-corrected chi connectivity index (χ4v) is 3.39. The fraction of sp³-hybridized carbons (Fsp3) is 0.667. The highest BCUT2D eigenvalue weighted by molar-refractivity contribution is 6.29. The maximum Gasteiger partial charge on any atom is 0.306 e. The molecule has 0 atom stereocenters. The summed E-state index contributed by atoms with van der Waals surface area (Å²) in [5.74, 6) is -0.199. The largest absolute Gasteiger partial charge is 0.460 e. The van der Waals surface area contributed by atoms with Gasteiger partial charge in [0.2, 0.25) is 0 Å². The predicted molar refractivity (Wildman–Crippen MR) is 112 cm³/mol. The van der Waals surface area contributed by atoms with Crippen molar-refractivity contribution >= 4 is 29.5 Å². The van der Waals surface area contributed by atoms with Gasteiger partial charge in [-0.3, -0.25) is 9.59 Å². The van der Waals surface area contributed by atoms with Gasteiger partial charge in [0.1, 0.15) is 16.4 Å². The van der Waals surface area contributed by atoms with Crippen LogP contribution in [0.25, 0.3) is 0 Å². The van der Waals surface area contributed by atoms with E-state index in [1.165, 1.54) is 0 Å². The zero-order chi connectivity index (χ0) is 21.5. The molecule has 1 aromatic rings.